The fraction of sp³-hybridized carbons (Fsp3) is 0.0667. The van der Waals surface area contributed by atoms with Crippen LogP contribution >= 0.6 is 11.9 Å². The van der Waals surface area contributed by atoms with Gasteiger partial charge in [0.15, 0.2) is 0 Å². The van der Waals surface area contributed by atoms with Crippen molar-refractivity contribution in [2.45, 2.75) is 0 Å². The molecule has 0 saturated carbocycles. The van der Waals surface area contributed by atoms with Gasteiger partial charge in [-0.1, -0.05) is 30.3 Å². The molecule has 0 bridgehead atoms. The summed E-state index contributed by atoms with van der Waals surface area (Å²) in [5.74, 6) is 0. The highest BCUT2D eigenvalue weighted by Crippen LogP contribution is 2.14. The summed E-state index contributed by atoms with van der Waals surface area (Å²) in [5.41, 5.74) is 0.758. The first-order valence-corrected chi connectivity index (χ1v) is 7.29. The van der Waals surface area contributed by atoms with E-state index < -0.39 is 0 Å². The van der Waals surface area contributed by atoms with Crippen molar-refractivity contribution in [3.63, 3.8) is 0 Å². The van der Waals surface area contributed by atoms with Crippen LogP contribution in [0.2, 0.25) is 0 Å². The van der Waals surface area contributed by atoms with Crippen molar-refractivity contribution in [2.75, 3.05) is 6.26 Å². The van der Waals surface area contributed by atoms with Crippen LogP contribution in [0.1, 0.15) is 0 Å². The van der Waals surface area contributed by atoms with Gasteiger partial charge in [0.05, 0.1) is 16.6 Å². The SMILES string of the molecule is CSn1c(=O)c2ccccc2n(-c2ccccc2)c1=O. The van der Waals surface area contributed by atoms with E-state index in [9.17, 15) is 9.59 Å². The van der Waals surface area contributed by atoms with Crippen LogP contribution in [-0.4, -0.2) is 14.8 Å². The maximum absolute atomic E-state index is 12.5. The quantitative estimate of drug-likeness (QED) is 0.725. The Balaban J connectivity index is 2.54. The van der Waals surface area contributed by atoms with E-state index in [4.69, 9.17) is 0 Å². The molecule has 3 rings (SSSR count). The summed E-state index contributed by atoms with van der Waals surface area (Å²) < 4.78 is 2.74. The largest absolute Gasteiger partial charge is 0.346 e. The predicted molar refractivity (Wildman–Crippen MR) is 82.7 cm³/mol. The van der Waals surface area contributed by atoms with E-state index in [2.05, 4.69) is 0 Å². The summed E-state index contributed by atoms with van der Waals surface area (Å²) in [6.45, 7) is 0. The van der Waals surface area contributed by atoms with Gasteiger partial charge in [0.2, 0.25) is 0 Å². The number of fused-ring (bicyclic) bond motifs is 1. The first-order chi connectivity index (χ1) is 9.74. The molecule has 0 radical (unpaired) electrons. The Kier molecular flexibility index (Phi) is 3.20. The van der Waals surface area contributed by atoms with Gasteiger partial charge in [-0.3, -0.25) is 9.36 Å². The third-order valence-corrected chi connectivity index (χ3v) is 3.81. The summed E-state index contributed by atoms with van der Waals surface area (Å²) in [7, 11) is 0. The fourth-order valence-electron chi connectivity index (χ4n) is 2.23. The van der Waals surface area contributed by atoms with Gasteiger partial charge >= 0.3 is 5.69 Å². The Labute approximate surface area is 119 Å². The Bertz CT molecular complexity index is 882. The summed E-state index contributed by atoms with van der Waals surface area (Å²) >= 11 is 1.12. The average molecular weight is 284 g/mol. The molecular formula is C15H12N2O2S. The number of aromatic nitrogens is 2. The molecule has 1 aromatic heterocycles. The second kappa shape index (κ2) is 5.02. The van der Waals surface area contributed by atoms with Crippen LogP contribution in [0.5, 0.6) is 0 Å². The minimum atomic E-state index is -0.340. The smallest absolute Gasteiger partial charge is 0.267 e. The number of rotatable bonds is 2. The molecule has 100 valence electrons. The minimum Gasteiger partial charge on any atom is -0.267 e. The van der Waals surface area contributed by atoms with E-state index in [-0.39, 0.29) is 11.2 Å². The van der Waals surface area contributed by atoms with Crippen molar-refractivity contribution in [3.05, 3.63) is 75.4 Å². The topological polar surface area (TPSA) is 44.0 Å². The number of nitrogens with zero attached hydrogens (tertiary/aromatic N) is 2. The molecule has 0 fully saturated rings. The van der Waals surface area contributed by atoms with E-state index in [0.717, 1.165) is 17.6 Å². The van der Waals surface area contributed by atoms with E-state index in [1.807, 2.05) is 36.4 Å². The Hall–Kier alpha value is -2.27. The van der Waals surface area contributed by atoms with Gasteiger partial charge in [0, 0.05) is 6.26 Å². The van der Waals surface area contributed by atoms with Crippen molar-refractivity contribution in [1.29, 1.82) is 0 Å². The molecule has 0 spiro atoms. The van der Waals surface area contributed by atoms with Gasteiger partial charge in [-0.15, -0.1) is 0 Å². The van der Waals surface area contributed by atoms with E-state index >= 15 is 0 Å². The zero-order valence-corrected chi connectivity index (χ0v) is 11.6. The molecule has 1 heterocycles. The first kappa shape index (κ1) is 12.7. The van der Waals surface area contributed by atoms with Crippen molar-refractivity contribution in [2.24, 2.45) is 0 Å². The third-order valence-electron chi connectivity index (χ3n) is 3.12. The molecule has 0 aliphatic heterocycles. The Morgan fingerprint density at radius 1 is 0.900 bits per heavy atom. The van der Waals surface area contributed by atoms with E-state index in [1.54, 1.807) is 29.0 Å². The lowest BCUT2D eigenvalue weighted by atomic mass is 10.2. The third kappa shape index (κ3) is 1.87. The van der Waals surface area contributed by atoms with Crippen LogP contribution in [0.25, 0.3) is 16.6 Å². The highest BCUT2D eigenvalue weighted by Gasteiger charge is 2.13. The van der Waals surface area contributed by atoms with Gasteiger partial charge in [0.1, 0.15) is 0 Å². The van der Waals surface area contributed by atoms with Crippen LogP contribution in [0.15, 0.2) is 64.2 Å². The minimum absolute atomic E-state index is 0.273. The fourth-order valence-corrected chi connectivity index (χ4v) is 2.73. The van der Waals surface area contributed by atoms with Crippen LogP contribution in [-0.2, 0) is 0 Å². The molecule has 0 atom stereocenters. The normalized spacial score (nSPS) is 10.8. The second-order valence-corrected chi connectivity index (χ2v) is 4.98. The summed E-state index contributed by atoms with van der Waals surface area (Å²) in [6, 6.07) is 16.5. The highest BCUT2D eigenvalue weighted by molar-refractivity contribution is 7.97. The van der Waals surface area contributed by atoms with Crippen LogP contribution in [0.3, 0.4) is 0 Å². The van der Waals surface area contributed by atoms with E-state index in [0.29, 0.717) is 10.9 Å². The van der Waals surface area contributed by atoms with Crippen LogP contribution in [0.4, 0.5) is 0 Å². The maximum atomic E-state index is 12.5. The van der Waals surface area contributed by atoms with Crippen molar-refractivity contribution in [3.8, 4) is 5.69 Å². The van der Waals surface area contributed by atoms with Gasteiger partial charge in [-0.05, 0) is 36.2 Å². The van der Waals surface area contributed by atoms with Crippen LogP contribution < -0.4 is 11.2 Å². The van der Waals surface area contributed by atoms with Crippen molar-refractivity contribution < 1.29 is 0 Å². The van der Waals surface area contributed by atoms with Crippen molar-refractivity contribution in [1.82, 2.24) is 8.54 Å². The summed E-state index contributed by atoms with van der Waals surface area (Å²) in [5, 5.41) is 0.533. The zero-order valence-electron chi connectivity index (χ0n) is 10.8. The average Bonchev–Trinajstić information content (AvgIpc) is 2.49. The molecule has 0 saturated heterocycles. The molecule has 0 amide bonds. The zero-order chi connectivity index (χ0) is 14.1. The molecule has 0 unspecified atom stereocenters. The lowest BCUT2D eigenvalue weighted by Gasteiger charge is -2.12. The van der Waals surface area contributed by atoms with Crippen molar-refractivity contribution >= 4 is 22.9 Å². The second-order valence-electron chi connectivity index (χ2n) is 4.25. The molecule has 0 aliphatic rings. The monoisotopic (exact) mass is 284 g/mol. The van der Waals surface area contributed by atoms with Gasteiger partial charge in [-0.25, -0.2) is 4.79 Å². The molecule has 5 heteroatoms. The maximum Gasteiger partial charge on any atom is 0.346 e. The molecule has 20 heavy (non-hydrogen) atoms. The van der Waals surface area contributed by atoms with Gasteiger partial charge in [-0.2, -0.15) is 3.97 Å². The lowest BCUT2D eigenvalue weighted by Crippen LogP contribution is -2.36. The summed E-state index contributed by atoms with van der Waals surface area (Å²) in [4.78, 5) is 24.8. The summed E-state index contributed by atoms with van der Waals surface area (Å²) in [6.07, 6.45) is 1.72. The molecular weight excluding hydrogens is 272 g/mol. The van der Waals surface area contributed by atoms with Crippen LogP contribution in [0, 0.1) is 0 Å². The number of hydrogen-bond acceptors (Lipinski definition) is 3. The van der Waals surface area contributed by atoms with E-state index in [1.165, 1.54) is 3.97 Å². The Morgan fingerprint density at radius 2 is 1.55 bits per heavy atom. The molecule has 0 aliphatic carbocycles. The first-order valence-electron chi connectivity index (χ1n) is 6.11. The highest BCUT2D eigenvalue weighted by atomic mass is 32.2. The predicted octanol–water partition coefficient (Wildman–Crippen LogP) is 2.28. The Morgan fingerprint density at radius 3 is 2.25 bits per heavy atom. The molecule has 3 aromatic rings. The standard InChI is InChI=1S/C15H12N2O2S/c1-20-17-14(18)12-9-5-6-10-13(12)16(15(17)19)11-7-3-2-4-8-11/h2-10H,1H3. The molecule has 2 aromatic carbocycles. The molecule has 0 N–H and O–H groups in total. The number of benzene rings is 2. The lowest BCUT2D eigenvalue weighted by molar-refractivity contribution is 0.908. The molecule has 4 nitrogen and oxygen atoms in total. The van der Waals surface area contributed by atoms with Gasteiger partial charge < -0.3 is 0 Å². The number of para-hydroxylation sites is 2. The van der Waals surface area contributed by atoms with Gasteiger partial charge in [0.25, 0.3) is 5.56 Å². The number of hydrogen-bond donors (Lipinski definition) is 0.